The molecule has 2 heterocycles. The quantitative estimate of drug-likeness (QED) is 0.716. The van der Waals surface area contributed by atoms with E-state index in [0.717, 1.165) is 31.6 Å². The number of benzene rings is 2. The van der Waals surface area contributed by atoms with Crippen LogP contribution in [0.5, 0.6) is 0 Å². The summed E-state index contributed by atoms with van der Waals surface area (Å²) in [5, 5.41) is 2.84. The molecule has 2 aromatic carbocycles. The van der Waals surface area contributed by atoms with Gasteiger partial charge in [-0.3, -0.25) is 4.79 Å². The Morgan fingerprint density at radius 3 is 2.64 bits per heavy atom. The summed E-state index contributed by atoms with van der Waals surface area (Å²) in [5.74, 6) is -0.0443. The molecule has 1 saturated heterocycles. The third-order valence-corrected chi connectivity index (χ3v) is 4.62. The Kier molecular flexibility index (Phi) is 4.80. The van der Waals surface area contributed by atoms with Crippen molar-refractivity contribution in [2.75, 3.05) is 13.2 Å². The summed E-state index contributed by atoms with van der Waals surface area (Å²) in [5.41, 5.74) is 1.02. The smallest absolute Gasteiger partial charge is 0.416 e. The maximum Gasteiger partial charge on any atom is 0.416 e. The minimum Gasteiger partial charge on any atom is -0.436 e. The third kappa shape index (κ3) is 3.87. The van der Waals surface area contributed by atoms with Gasteiger partial charge in [0.2, 0.25) is 5.89 Å². The molecule has 4 rings (SSSR count). The molecule has 1 aliphatic heterocycles. The lowest BCUT2D eigenvalue weighted by Gasteiger charge is -2.10. The second-order valence-electron chi connectivity index (χ2n) is 6.62. The van der Waals surface area contributed by atoms with Gasteiger partial charge in [0.1, 0.15) is 5.52 Å². The summed E-state index contributed by atoms with van der Waals surface area (Å²) >= 11 is 0. The normalized spacial score (nSPS) is 17.2. The van der Waals surface area contributed by atoms with E-state index in [-0.39, 0.29) is 17.9 Å². The summed E-state index contributed by atoms with van der Waals surface area (Å²) in [4.78, 5) is 16.6. The molecule has 146 valence electrons. The monoisotopic (exact) mass is 390 g/mol. The van der Waals surface area contributed by atoms with Crippen LogP contribution in [0.3, 0.4) is 0 Å². The highest BCUT2D eigenvalue weighted by Crippen LogP contribution is 2.31. The van der Waals surface area contributed by atoms with E-state index >= 15 is 0 Å². The van der Waals surface area contributed by atoms with Gasteiger partial charge >= 0.3 is 6.18 Å². The Labute approximate surface area is 158 Å². The number of fused-ring (bicyclic) bond motifs is 1. The van der Waals surface area contributed by atoms with Crippen molar-refractivity contribution in [3.05, 3.63) is 53.6 Å². The number of amides is 1. The number of carbonyl (C=O) groups is 1. The summed E-state index contributed by atoms with van der Waals surface area (Å²) in [7, 11) is 0. The van der Waals surface area contributed by atoms with Crippen molar-refractivity contribution >= 4 is 17.0 Å². The van der Waals surface area contributed by atoms with E-state index in [9.17, 15) is 18.0 Å². The first-order valence-corrected chi connectivity index (χ1v) is 8.88. The van der Waals surface area contributed by atoms with Crippen molar-refractivity contribution in [1.29, 1.82) is 0 Å². The summed E-state index contributed by atoms with van der Waals surface area (Å²) < 4.78 is 49.1. The second kappa shape index (κ2) is 7.27. The van der Waals surface area contributed by atoms with Crippen LogP contribution in [0.1, 0.15) is 28.8 Å². The maximum atomic E-state index is 12.7. The van der Waals surface area contributed by atoms with Crippen molar-refractivity contribution in [2.24, 2.45) is 0 Å². The van der Waals surface area contributed by atoms with E-state index in [1.165, 1.54) is 12.1 Å². The highest BCUT2D eigenvalue weighted by molar-refractivity contribution is 5.97. The minimum absolute atomic E-state index is 0.0472. The van der Waals surface area contributed by atoms with Crippen LogP contribution in [0.4, 0.5) is 13.2 Å². The third-order valence-electron chi connectivity index (χ3n) is 4.62. The lowest BCUT2D eigenvalue weighted by molar-refractivity contribution is -0.137. The molecule has 1 amide bonds. The molecule has 5 nitrogen and oxygen atoms in total. The Hall–Kier alpha value is -2.87. The number of halogens is 3. The standard InChI is InChI=1S/C20H17F3N2O3/c21-20(22,23)14-6-3-12(4-7-14)19-25-16-10-13(5-8-17(16)28-19)18(26)24-11-15-2-1-9-27-15/h3-8,10,15H,1-2,9,11H2,(H,24,26)/t15-/m0/s1. The number of carbonyl (C=O) groups excluding carboxylic acids is 1. The molecule has 1 aromatic heterocycles. The maximum absolute atomic E-state index is 12.7. The molecule has 0 radical (unpaired) electrons. The van der Waals surface area contributed by atoms with Gasteiger partial charge in [0.15, 0.2) is 5.58 Å². The van der Waals surface area contributed by atoms with Gasteiger partial charge in [0.05, 0.1) is 11.7 Å². The Morgan fingerprint density at radius 1 is 1.18 bits per heavy atom. The number of ether oxygens (including phenoxy) is 1. The Bertz CT molecular complexity index is 990. The van der Waals surface area contributed by atoms with Crippen molar-refractivity contribution in [1.82, 2.24) is 10.3 Å². The Balaban J connectivity index is 1.52. The lowest BCUT2D eigenvalue weighted by atomic mass is 10.1. The summed E-state index contributed by atoms with van der Waals surface area (Å²) in [6.07, 6.45) is -2.42. The van der Waals surface area contributed by atoms with Gasteiger partial charge in [-0.15, -0.1) is 0 Å². The number of aromatic nitrogens is 1. The fraction of sp³-hybridized carbons (Fsp3) is 0.300. The average Bonchev–Trinajstić information content (AvgIpc) is 3.34. The summed E-state index contributed by atoms with van der Waals surface area (Å²) in [6.45, 7) is 1.17. The van der Waals surface area contributed by atoms with Gasteiger partial charge in [-0.05, 0) is 55.3 Å². The van der Waals surface area contributed by atoms with Crippen molar-refractivity contribution in [3.63, 3.8) is 0 Å². The van der Waals surface area contributed by atoms with Crippen LogP contribution < -0.4 is 5.32 Å². The molecule has 0 unspecified atom stereocenters. The van der Waals surface area contributed by atoms with E-state index < -0.39 is 11.7 Å². The number of oxazole rings is 1. The zero-order chi connectivity index (χ0) is 19.7. The van der Waals surface area contributed by atoms with Crippen LogP contribution in [0.25, 0.3) is 22.6 Å². The fourth-order valence-electron chi connectivity index (χ4n) is 3.11. The molecular formula is C20H17F3N2O3. The van der Waals surface area contributed by atoms with E-state index in [1.807, 2.05) is 0 Å². The Morgan fingerprint density at radius 2 is 1.96 bits per heavy atom. The van der Waals surface area contributed by atoms with Crippen molar-refractivity contribution in [3.8, 4) is 11.5 Å². The van der Waals surface area contributed by atoms with Gasteiger partial charge in [-0.25, -0.2) is 4.98 Å². The molecule has 8 heteroatoms. The molecule has 3 aromatic rings. The number of nitrogens with one attached hydrogen (secondary N) is 1. The molecule has 28 heavy (non-hydrogen) atoms. The van der Waals surface area contributed by atoms with Crippen LogP contribution in [0.2, 0.25) is 0 Å². The molecule has 0 bridgehead atoms. The number of hydrogen-bond acceptors (Lipinski definition) is 4. The largest absolute Gasteiger partial charge is 0.436 e. The van der Waals surface area contributed by atoms with E-state index in [2.05, 4.69) is 10.3 Å². The summed E-state index contributed by atoms with van der Waals surface area (Å²) in [6, 6.07) is 9.41. The molecular weight excluding hydrogens is 373 g/mol. The van der Waals surface area contributed by atoms with Crippen LogP contribution in [0.15, 0.2) is 46.9 Å². The van der Waals surface area contributed by atoms with Crippen LogP contribution in [0, 0.1) is 0 Å². The van der Waals surface area contributed by atoms with Gasteiger partial charge in [-0.1, -0.05) is 0 Å². The minimum atomic E-state index is -4.40. The highest BCUT2D eigenvalue weighted by atomic mass is 19.4. The lowest BCUT2D eigenvalue weighted by Crippen LogP contribution is -2.31. The van der Waals surface area contributed by atoms with Crippen LogP contribution in [-0.2, 0) is 10.9 Å². The van der Waals surface area contributed by atoms with Gasteiger partial charge in [0.25, 0.3) is 5.91 Å². The van der Waals surface area contributed by atoms with Crippen LogP contribution >= 0.6 is 0 Å². The van der Waals surface area contributed by atoms with Crippen molar-refractivity contribution < 1.29 is 27.1 Å². The molecule has 1 N–H and O–H groups in total. The average molecular weight is 390 g/mol. The van der Waals surface area contributed by atoms with Crippen LogP contribution in [-0.4, -0.2) is 30.1 Å². The molecule has 0 saturated carbocycles. The number of rotatable bonds is 4. The zero-order valence-corrected chi connectivity index (χ0v) is 14.8. The van der Waals surface area contributed by atoms with Crippen molar-refractivity contribution in [2.45, 2.75) is 25.1 Å². The first-order chi connectivity index (χ1) is 13.4. The predicted octanol–water partition coefficient (Wildman–Crippen LogP) is 4.42. The fourth-order valence-corrected chi connectivity index (χ4v) is 3.11. The zero-order valence-electron chi connectivity index (χ0n) is 14.8. The van der Waals surface area contributed by atoms with E-state index in [0.29, 0.717) is 28.8 Å². The topological polar surface area (TPSA) is 64.4 Å². The molecule has 1 fully saturated rings. The molecule has 0 aliphatic carbocycles. The number of nitrogens with zero attached hydrogens (tertiary/aromatic N) is 1. The van der Waals surface area contributed by atoms with Gasteiger partial charge in [0, 0.05) is 24.3 Å². The number of hydrogen-bond donors (Lipinski definition) is 1. The molecule has 1 atom stereocenters. The molecule has 0 spiro atoms. The van der Waals surface area contributed by atoms with E-state index in [1.54, 1.807) is 18.2 Å². The van der Waals surface area contributed by atoms with Gasteiger partial charge < -0.3 is 14.5 Å². The highest BCUT2D eigenvalue weighted by Gasteiger charge is 2.30. The van der Waals surface area contributed by atoms with E-state index in [4.69, 9.17) is 9.15 Å². The van der Waals surface area contributed by atoms with Gasteiger partial charge in [-0.2, -0.15) is 13.2 Å². The SMILES string of the molecule is O=C(NC[C@@H]1CCCO1)c1ccc2oc(-c3ccc(C(F)(F)F)cc3)nc2c1. The first-order valence-electron chi connectivity index (χ1n) is 8.88. The first kappa shape index (κ1) is 18.5. The second-order valence-corrected chi connectivity index (χ2v) is 6.62. The molecule has 1 aliphatic rings. The number of alkyl halides is 3. The predicted molar refractivity (Wildman–Crippen MR) is 95.8 cm³/mol.